The Labute approximate surface area is 111 Å². The Morgan fingerprint density at radius 1 is 1.67 bits per heavy atom. The Morgan fingerprint density at radius 2 is 2.39 bits per heavy atom. The molecule has 100 valence electrons. The lowest BCUT2D eigenvalue weighted by atomic mass is 10.0. The Bertz CT molecular complexity index is 403. The predicted molar refractivity (Wildman–Crippen MR) is 72.8 cm³/mol. The van der Waals surface area contributed by atoms with Crippen LogP contribution in [0.25, 0.3) is 0 Å². The van der Waals surface area contributed by atoms with Gasteiger partial charge in [-0.05, 0) is 42.2 Å². The van der Waals surface area contributed by atoms with Crippen molar-refractivity contribution in [3.8, 4) is 0 Å². The van der Waals surface area contributed by atoms with E-state index in [0.717, 1.165) is 6.42 Å². The second kappa shape index (κ2) is 7.00. The van der Waals surface area contributed by atoms with Crippen LogP contribution in [0, 0.1) is 5.92 Å². The summed E-state index contributed by atoms with van der Waals surface area (Å²) in [5, 5.41) is 18.5. The van der Waals surface area contributed by atoms with E-state index in [4.69, 9.17) is 10.9 Å². The van der Waals surface area contributed by atoms with E-state index in [2.05, 4.69) is 15.9 Å². The highest BCUT2D eigenvalue weighted by Crippen LogP contribution is 2.09. The van der Waals surface area contributed by atoms with Crippen LogP contribution in [0.4, 0.5) is 0 Å². The summed E-state index contributed by atoms with van der Waals surface area (Å²) < 4.78 is 0. The van der Waals surface area contributed by atoms with Crippen LogP contribution in [0.2, 0.25) is 0 Å². The molecule has 1 rings (SSSR count). The molecule has 0 aliphatic heterocycles. The summed E-state index contributed by atoms with van der Waals surface area (Å²) in [5.41, 5.74) is 6.68. The average Bonchev–Trinajstić information content (AvgIpc) is 2.82. The molecule has 2 atom stereocenters. The van der Waals surface area contributed by atoms with E-state index in [1.54, 1.807) is 11.3 Å². The van der Waals surface area contributed by atoms with E-state index in [9.17, 15) is 4.79 Å². The van der Waals surface area contributed by atoms with Crippen molar-refractivity contribution in [2.75, 3.05) is 0 Å². The number of nitrogens with two attached hydrogens (primary N) is 1. The molecule has 0 bridgehead atoms. The number of hydrogen-bond acceptors (Lipinski definition) is 4. The van der Waals surface area contributed by atoms with E-state index in [1.807, 2.05) is 25.3 Å². The monoisotopic (exact) mass is 269 g/mol. The van der Waals surface area contributed by atoms with Gasteiger partial charge >= 0.3 is 0 Å². The Balaban J connectivity index is 2.52. The number of amidine groups is 1. The van der Waals surface area contributed by atoms with Crippen molar-refractivity contribution >= 4 is 23.1 Å². The number of oxime groups is 1. The predicted octanol–water partition coefficient (Wildman–Crippen LogP) is 1.57. The largest absolute Gasteiger partial charge is 0.409 e. The molecule has 5 nitrogen and oxygen atoms in total. The van der Waals surface area contributed by atoms with Gasteiger partial charge in [-0.25, -0.2) is 0 Å². The summed E-state index contributed by atoms with van der Waals surface area (Å²) in [7, 11) is 0. The molecule has 0 saturated heterocycles. The third-order valence-electron chi connectivity index (χ3n) is 2.71. The van der Waals surface area contributed by atoms with E-state index in [-0.39, 0.29) is 17.8 Å². The summed E-state index contributed by atoms with van der Waals surface area (Å²) in [6.07, 6.45) is 1.29. The van der Waals surface area contributed by atoms with Crippen LogP contribution in [-0.2, 0) is 11.2 Å². The molecule has 1 heterocycles. The number of carbonyl (C=O) groups is 1. The molecule has 6 heteroatoms. The minimum atomic E-state index is -0.570. The maximum Gasteiger partial charge on any atom is 0.231 e. The molecule has 0 radical (unpaired) electrons. The fourth-order valence-corrected chi connectivity index (χ4v) is 2.44. The van der Waals surface area contributed by atoms with E-state index in [1.165, 1.54) is 5.56 Å². The normalized spacial score (nSPS) is 15.1. The molecule has 0 aromatic carbocycles. The van der Waals surface area contributed by atoms with E-state index in [0.29, 0.717) is 6.42 Å². The van der Waals surface area contributed by atoms with Gasteiger partial charge in [0.05, 0.1) is 5.92 Å². The van der Waals surface area contributed by atoms with E-state index < -0.39 is 5.92 Å². The molecule has 2 unspecified atom stereocenters. The van der Waals surface area contributed by atoms with Crippen LogP contribution in [0.5, 0.6) is 0 Å². The Kier molecular flexibility index (Phi) is 5.64. The Hall–Kier alpha value is -1.56. The summed E-state index contributed by atoms with van der Waals surface area (Å²) in [4.78, 5) is 11.9. The van der Waals surface area contributed by atoms with Gasteiger partial charge in [0.2, 0.25) is 5.91 Å². The van der Waals surface area contributed by atoms with Crippen molar-refractivity contribution in [2.45, 2.75) is 32.7 Å². The lowest BCUT2D eigenvalue weighted by Gasteiger charge is -2.18. The third-order valence-corrected chi connectivity index (χ3v) is 3.44. The van der Waals surface area contributed by atoms with Crippen LogP contribution in [0.3, 0.4) is 0 Å². The highest BCUT2D eigenvalue weighted by atomic mass is 32.1. The van der Waals surface area contributed by atoms with Crippen molar-refractivity contribution in [3.05, 3.63) is 22.4 Å². The van der Waals surface area contributed by atoms with Gasteiger partial charge in [-0.15, -0.1) is 0 Å². The van der Waals surface area contributed by atoms with Crippen LogP contribution in [0.1, 0.15) is 25.8 Å². The number of nitrogens with one attached hydrogen (secondary N) is 1. The first-order valence-electron chi connectivity index (χ1n) is 5.87. The zero-order chi connectivity index (χ0) is 13.5. The van der Waals surface area contributed by atoms with Crippen molar-refractivity contribution in [2.24, 2.45) is 16.8 Å². The lowest BCUT2D eigenvalue weighted by Crippen LogP contribution is -2.43. The highest BCUT2D eigenvalue weighted by Gasteiger charge is 2.22. The van der Waals surface area contributed by atoms with Gasteiger partial charge in [0.25, 0.3) is 0 Å². The molecule has 0 saturated carbocycles. The molecular formula is C12H19N3O2S. The van der Waals surface area contributed by atoms with Crippen molar-refractivity contribution in [1.82, 2.24) is 5.32 Å². The first-order valence-corrected chi connectivity index (χ1v) is 6.81. The topological polar surface area (TPSA) is 87.7 Å². The quantitative estimate of drug-likeness (QED) is 0.317. The van der Waals surface area contributed by atoms with Gasteiger partial charge in [0.1, 0.15) is 0 Å². The van der Waals surface area contributed by atoms with Gasteiger partial charge < -0.3 is 16.3 Å². The first kappa shape index (κ1) is 14.5. The molecule has 4 N–H and O–H groups in total. The standard InChI is InChI=1S/C12H19N3O2S/c1-3-10(11(13)15-17)12(16)14-8(2)6-9-4-5-18-7-9/h4-5,7-8,10,17H,3,6H2,1-2H3,(H2,13,15)(H,14,16). The molecule has 0 aliphatic rings. The third kappa shape index (κ3) is 4.03. The fraction of sp³-hybridized carbons (Fsp3) is 0.500. The second-order valence-corrected chi connectivity index (χ2v) is 5.01. The molecule has 18 heavy (non-hydrogen) atoms. The smallest absolute Gasteiger partial charge is 0.231 e. The number of nitrogens with zero attached hydrogens (tertiary/aromatic N) is 1. The van der Waals surface area contributed by atoms with Crippen LogP contribution in [-0.4, -0.2) is 23.0 Å². The molecule has 1 amide bonds. The van der Waals surface area contributed by atoms with Crippen LogP contribution >= 0.6 is 11.3 Å². The first-order chi connectivity index (χ1) is 8.58. The maximum absolute atomic E-state index is 11.9. The number of hydrogen-bond donors (Lipinski definition) is 3. The summed E-state index contributed by atoms with van der Waals surface area (Å²) >= 11 is 1.63. The SMILES string of the molecule is CCC(C(=O)NC(C)Cc1ccsc1)C(N)=NO. The molecular weight excluding hydrogens is 250 g/mol. The van der Waals surface area contributed by atoms with Crippen molar-refractivity contribution < 1.29 is 10.0 Å². The van der Waals surface area contributed by atoms with Crippen LogP contribution in [0.15, 0.2) is 22.0 Å². The van der Waals surface area contributed by atoms with Gasteiger partial charge in [-0.3, -0.25) is 4.79 Å². The summed E-state index contributed by atoms with van der Waals surface area (Å²) in [6, 6.07) is 2.06. The maximum atomic E-state index is 11.9. The van der Waals surface area contributed by atoms with Gasteiger partial charge in [-0.2, -0.15) is 11.3 Å². The molecule has 1 aromatic rings. The number of amides is 1. The minimum absolute atomic E-state index is 0.0210. The Morgan fingerprint density at radius 3 is 2.89 bits per heavy atom. The number of carbonyl (C=O) groups excluding carboxylic acids is 1. The van der Waals surface area contributed by atoms with Crippen LogP contribution < -0.4 is 11.1 Å². The molecule has 0 aliphatic carbocycles. The highest BCUT2D eigenvalue weighted by molar-refractivity contribution is 7.07. The molecule has 1 aromatic heterocycles. The second-order valence-electron chi connectivity index (χ2n) is 4.23. The fourth-order valence-electron chi connectivity index (χ4n) is 1.76. The zero-order valence-corrected chi connectivity index (χ0v) is 11.4. The molecule has 0 spiro atoms. The van der Waals surface area contributed by atoms with Gasteiger partial charge in [0.15, 0.2) is 5.84 Å². The van der Waals surface area contributed by atoms with Gasteiger partial charge in [-0.1, -0.05) is 12.1 Å². The zero-order valence-electron chi connectivity index (χ0n) is 10.6. The molecule has 0 fully saturated rings. The van der Waals surface area contributed by atoms with Gasteiger partial charge in [0, 0.05) is 6.04 Å². The van der Waals surface area contributed by atoms with Crippen molar-refractivity contribution in [1.29, 1.82) is 0 Å². The average molecular weight is 269 g/mol. The summed E-state index contributed by atoms with van der Waals surface area (Å²) in [5.74, 6) is -0.812. The lowest BCUT2D eigenvalue weighted by molar-refractivity contribution is -0.123. The van der Waals surface area contributed by atoms with Crippen molar-refractivity contribution in [3.63, 3.8) is 0 Å². The van der Waals surface area contributed by atoms with E-state index >= 15 is 0 Å². The minimum Gasteiger partial charge on any atom is -0.409 e. The number of rotatable bonds is 6. The summed E-state index contributed by atoms with van der Waals surface area (Å²) in [6.45, 7) is 3.76. The number of thiophene rings is 1.